The molecule has 2 fully saturated rings. The SMILES string of the molecule is CCOc1ccc(Cc2cc(C3OC4(CC4CO)C(OCc4ccccc4)C(OCc4ccccc4)C3OCc3ccccc3)ccc2Cl)cc1. The summed E-state index contributed by atoms with van der Waals surface area (Å²) in [4.78, 5) is 0. The monoisotopic (exact) mass is 704 g/mol. The van der Waals surface area contributed by atoms with Crippen LogP contribution in [0.1, 0.15) is 52.8 Å². The Bertz CT molecular complexity index is 1820. The highest BCUT2D eigenvalue weighted by atomic mass is 35.5. The molecule has 1 saturated carbocycles. The van der Waals surface area contributed by atoms with E-state index in [0.29, 0.717) is 44.3 Å². The maximum absolute atomic E-state index is 10.6. The first-order valence-corrected chi connectivity index (χ1v) is 18.2. The maximum atomic E-state index is 10.6. The molecule has 6 nitrogen and oxygen atoms in total. The van der Waals surface area contributed by atoms with Crippen LogP contribution in [0.4, 0.5) is 0 Å². The van der Waals surface area contributed by atoms with Crippen molar-refractivity contribution in [3.05, 3.63) is 172 Å². The van der Waals surface area contributed by atoms with Crippen molar-refractivity contribution in [2.75, 3.05) is 13.2 Å². The Balaban J connectivity index is 1.26. The number of halogens is 1. The molecular weight excluding hydrogens is 660 g/mol. The summed E-state index contributed by atoms with van der Waals surface area (Å²) in [6.07, 6.45) is -0.770. The number of aliphatic hydroxyl groups excluding tert-OH is 1. The van der Waals surface area contributed by atoms with E-state index in [1.54, 1.807) is 0 Å². The summed E-state index contributed by atoms with van der Waals surface area (Å²) < 4.78 is 33.5. The zero-order valence-electron chi connectivity index (χ0n) is 28.9. The maximum Gasteiger partial charge on any atom is 0.119 e. The van der Waals surface area contributed by atoms with Gasteiger partial charge in [0.1, 0.15) is 35.8 Å². The molecule has 2 aliphatic rings. The summed E-state index contributed by atoms with van der Waals surface area (Å²) in [6, 6.07) is 44.7. The number of ether oxygens (including phenoxy) is 5. The van der Waals surface area contributed by atoms with E-state index in [0.717, 1.165) is 39.1 Å². The van der Waals surface area contributed by atoms with Crippen molar-refractivity contribution in [2.24, 2.45) is 5.92 Å². The van der Waals surface area contributed by atoms with Crippen LogP contribution in [0.2, 0.25) is 5.02 Å². The predicted octanol–water partition coefficient (Wildman–Crippen LogP) is 8.91. The fraction of sp³-hybridized carbons (Fsp3) is 0.318. The van der Waals surface area contributed by atoms with Gasteiger partial charge in [-0.15, -0.1) is 0 Å². The molecule has 7 rings (SSSR count). The lowest BCUT2D eigenvalue weighted by Gasteiger charge is -2.48. The van der Waals surface area contributed by atoms with E-state index in [1.165, 1.54) is 0 Å². The molecule has 1 N–H and O–H groups in total. The molecule has 1 aliphatic carbocycles. The van der Waals surface area contributed by atoms with Crippen molar-refractivity contribution in [2.45, 2.75) is 69.6 Å². The first-order chi connectivity index (χ1) is 25.1. The lowest BCUT2D eigenvalue weighted by molar-refractivity contribution is -0.281. The van der Waals surface area contributed by atoms with Gasteiger partial charge in [-0.2, -0.15) is 0 Å². The Kier molecular flexibility index (Phi) is 11.5. The average molecular weight is 705 g/mol. The van der Waals surface area contributed by atoms with Crippen molar-refractivity contribution >= 4 is 11.6 Å². The van der Waals surface area contributed by atoms with Gasteiger partial charge in [-0.25, -0.2) is 0 Å². The highest BCUT2D eigenvalue weighted by Gasteiger charge is 2.68. The molecule has 1 aliphatic heterocycles. The van der Waals surface area contributed by atoms with Gasteiger partial charge in [0.05, 0.1) is 26.4 Å². The van der Waals surface area contributed by atoms with E-state index in [1.807, 2.05) is 85.8 Å². The van der Waals surface area contributed by atoms with Crippen LogP contribution in [0, 0.1) is 5.92 Å². The topological polar surface area (TPSA) is 66.4 Å². The molecule has 1 saturated heterocycles. The second kappa shape index (κ2) is 16.6. The van der Waals surface area contributed by atoms with Gasteiger partial charge < -0.3 is 28.8 Å². The van der Waals surface area contributed by atoms with Crippen molar-refractivity contribution in [3.8, 4) is 5.75 Å². The summed E-state index contributed by atoms with van der Waals surface area (Å²) in [5, 5.41) is 11.2. The normalized spacial score (nSPS) is 24.0. The molecule has 0 radical (unpaired) electrons. The molecule has 1 spiro atoms. The molecule has 0 aromatic heterocycles. The van der Waals surface area contributed by atoms with E-state index >= 15 is 0 Å². The zero-order chi connectivity index (χ0) is 35.0. The van der Waals surface area contributed by atoms with Crippen LogP contribution in [0.5, 0.6) is 5.75 Å². The lowest BCUT2D eigenvalue weighted by Crippen LogP contribution is -2.59. The van der Waals surface area contributed by atoms with Gasteiger partial charge in [0.15, 0.2) is 0 Å². The molecule has 7 heteroatoms. The van der Waals surface area contributed by atoms with Crippen molar-refractivity contribution in [3.63, 3.8) is 0 Å². The van der Waals surface area contributed by atoms with Gasteiger partial charge in [-0.1, -0.05) is 127 Å². The first-order valence-electron chi connectivity index (χ1n) is 17.8. The number of rotatable bonds is 15. The van der Waals surface area contributed by atoms with E-state index in [-0.39, 0.29) is 12.5 Å². The van der Waals surface area contributed by atoms with Crippen LogP contribution in [0.25, 0.3) is 0 Å². The van der Waals surface area contributed by atoms with Gasteiger partial charge in [-0.05, 0) is 71.3 Å². The molecule has 0 bridgehead atoms. The lowest BCUT2D eigenvalue weighted by atomic mass is 9.87. The summed E-state index contributed by atoms with van der Waals surface area (Å²) >= 11 is 6.85. The minimum Gasteiger partial charge on any atom is -0.494 e. The van der Waals surface area contributed by atoms with Crippen molar-refractivity contribution in [1.29, 1.82) is 0 Å². The highest BCUT2D eigenvalue weighted by molar-refractivity contribution is 6.31. The van der Waals surface area contributed by atoms with Crippen LogP contribution < -0.4 is 4.74 Å². The van der Waals surface area contributed by atoms with Gasteiger partial charge in [0.25, 0.3) is 0 Å². The third-order valence-corrected chi connectivity index (χ3v) is 10.3. The number of hydrogen-bond acceptors (Lipinski definition) is 6. The van der Waals surface area contributed by atoms with Crippen molar-refractivity contribution in [1.82, 2.24) is 0 Å². The predicted molar refractivity (Wildman–Crippen MR) is 199 cm³/mol. The number of benzene rings is 5. The fourth-order valence-corrected chi connectivity index (χ4v) is 7.36. The standard InChI is InChI=1S/C44H45ClO6/c1-2-47-38-21-18-31(19-22-38)24-36-25-35(20-23-39(36)45)40-41(48-28-32-12-6-3-7-13-32)42(49-29-33-14-8-4-9-15-33)43(44(51-40)26-37(44)27-46)50-30-34-16-10-5-11-17-34/h3-23,25,37,40-43,46H,2,24,26-30H2,1H3. The zero-order valence-corrected chi connectivity index (χ0v) is 29.7. The summed E-state index contributed by atoms with van der Waals surface area (Å²) in [5.41, 5.74) is 5.45. The van der Waals surface area contributed by atoms with Gasteiger partial charge >= 0.3 is 0 Å². The minimum absolute atomic E-state index is 0.0114. The summed E-state index contributed by atoms with van der Waals surface area (Å²) in [6.45, 7) is 3.70. The molecule has 264 valence electrons. The second-order valence-electron chi connectivity index (χ2n) is 13.4. The number of aliphatic hydroxyl groups is 1. The number of hydrogen-bond donors (Lipinski definition) is 1. The van der Waals surface area contributed by atoms with Gasteiger partial charge in [0, 0.05) is 17.5 Å². The minimum atomic E-state index is -0.753. The second-order valence-corrected chi connectivity index (χ2v) is 13.8. The molecular formula is C44H45ClO6. The molecule has 51 heavy (non-hydrogen) atoms. The molecule has 6 unspecified atom stereocenters. The van der Waals surface area contributed by atoms with Crippen LogP contribution in [-0.2, 0) is 45.2 Å². The Hall–Kier alpha value is -4.01. The third-order valence-electron chi connectivity index (χ3n) is 9.94. The van der Waals surface area contributed by atoms with Crippen molar-refractivity contribution < 1.29 is 28.8 Å². The van der Waals surface area contributed by atoms with E-state index in [9.17, 15) is 5.11 Å². The highest BCUT2D eigenvalue weighted by Crippen LogP contribution is 2.58. The fourth-order valence-electron chi connectivity index (χ4n) is 7.18. The molecule has 1 heterocycles. The van der Waals surface area contributed by atoms with Crippen LogP contribution in [0.3, 0.4) is 0 Å². The van der Waals surface area contributed by atoms with Gasteiger partial charge in [-0.3, -0.25) is 0 Å². The van der Waals surface area contributed by atoms with E-state index in [4.69, 9.17) is 35.3 Å². The van der Waals surface area contributed by atoms with Crippen LogP contribution in [0.15, 0.2) is 133 Å². The van der Waals surface area contributed by atoms with Crippen LogP contribution >= 0.6 is 11.6 Å². The molecule has 6 atom stereocenters. The van der Waals surface area contributed by atoms with Crippen LogP contribution in [-0.4, -0.2) is 42.2 Å². The summed E-state index contributed by atoms with van der Waals surface area (Å²) in [5.74, 6) is 0.739. The smallest absolute Gasteiger partial charge is 0.119 e. The molecule has 5 aromatic carbocycles. The Morgan fingerprint density at radius 3 is 1.80 bits per heavy atom. The van der Waals surface area contributed by atoms with E-state index in [2.05, 4.69) is 54.6 Å². The summed E-state index contributed by atoms with van der Waals surface area (Å²) in [7, 11) is 0. The average Bonchev–Trinajstić information content (AvgIpc) is 3.88. The Morgan fingerprint density at radius 2 is 1.25 bits per heavy atom. The van der Waals surface area contributed by atoms with E-state index < -0.39 is 30.0 Å². The quantitative estimate of drug-likeness (QED) is 0.117. The third kappa shape index (κ3) is 8.39. The van der Waals surface area contributed by atoms with Gasteiger partial charge in [0.2, 0.25) is 0 Å². The Morgan fingerprint density at radius 1 is 0.686 bits per heavy atom. The molecule has 5 aromatic rings. The largest absolute Gasteiger partial charge is 0.494 e. The first kappa shape index (κ1) is 35.4. The Labute approximate surface area is 305 Å². The molecule has 0 amide bonds.